The number of rotatable bonds is 2. The van der Waals surface area contributed by atoms with Gasteiger partial charge in [0, 0.05) is 0 Å². The highest BCUT2D eigenvalue weighted by Gasteiger charge is 2.13. The number of aryl methyl sites for hydroxylation is 1. The topological polar surface area (TPSA) is 26.0 Å². The summed E-state index contributed by atoms with van der Waals surface area (Å²) in [5, 5.41) is 0. The SMILES string of the molecule is Cc1ccc(F)c(Br)c1C(C)CN. The highest BCUT2D eigenvalue weighted by Crippen LogP contribution is 2.29. The number of hydrogen-bond donors (Lipinski definition) is 1. The summed E-state index contributed by atoms with van der Waals surface area (Å²) in [5.41, 5.74) is 7.60. The van der Waals surface area contributed by atoms with Crippen LogP contribution in [-0.4, -0.2) is 6.54 Å². The van der Waals surface area contributed by atoms with E-state index in [0.29, 0.717) is 11.0 Å². The van der Waals surface area contributed by atoms with Crippen LogP contribution in [0.4, 0.5) is 4.39 Å². The van der Waals surface area contributed by atoms with Crippen molar-refractivity contribution in [3.05, 3.63) is 33.5 Å². The van der Waals surface area contributed by atoms with Gasteiger partial charge in [-0.25, -0.2) is 4.39 Å². The maximum Gasteiger partial charge on any atom is 0.137 e. The molecule has 0 heterocycles. The van der Waals surface area contributed by atoms with Crippen LogP contribution in [0, 0.1) is 12.7 Å². The molecule has 0 aromatic heterocycles. The van der Waals surface area contributed by atoms with E-state index in [1.54, 1.807) is 6.07 Å². The largest absolute Gasteiger partial charge is 0.330 e. The highest BCUT2D eigenvalue weighted by molar-refractivity contribution is 9.10. The summed E-state index contributed by atoms with van der Waals surface area (Å²) in [5.74, 6) is -0.0361. The van der Waals surface area contributed by atoms with Gasteiger partial charge in [-0.05, 0) is 52.5 Å². The van der Waals surface area contributed by atoms with Crippen molar-refractivity contribution < 1.29 is 4.39 Å². The van der Waals surface area contributed by atoms with Crippen LogP contribution in [0.3, 0.4) is 0 Å². The number of benzene rings is 1. The molecule has 2 N–H and O–H groups in total. The number of nitrogens with two attached hydrogens (primary N) is 1. The van der Waals surface area contributed by atoms with E-state index in [1.807, 2.05) is 13.8 Å². The van der Waals surface area contributed by atoms with E-state index in [4.69, 9.17) is 5.73 Å². The van der Waals surface area contributed by atoms with Crippen molar-refractivity contribution in [2.75, 3.05) is 6.54 Å². The van der Waals surface area contributed by atoms with Crippen LogP contribution in [0.25, 0.3) is 0 Å². The Hall–Kier alpha value is -0.410. The quantitative estimate of drug-likeness (QED) is 0.852. The lowest BCUT2D eigenvalue weighted by Crippen LogP contribution is -2.11. The molecule has 0 amide bonds. The van der Waals surface area contributed by atoms with E-state index < -0.39 is 0 Å². The third-order valence-corrected chi connectivity index (χ3v) is 3.00. The van der Waals surface area contributed by atoms with Gasteiger partial charge in [-0.2, -0.15) is 0 Å². The second-order valence-electron chi connectivity index (χ2n) is 3.23. The molecule has 0 saturated carbocycles. The summed E-state index contributed by atoms with van der Waals surface area (Å²) >= 11 is 3.24. The van der Waals surface area contributed by atoms with Crippen LogP contribution in [0.2, 0.25) is 0 Å². The molecular formula is C10H13BrFN. The van der Waals surface area contributed by atoms with Gasteiger partial charge < -0.3 is 5.73 Å². The molecule has 72 valence electrons. The molecule has 1 unspecified atom stereocenters. The Balaban J connectivity index is 3.25. The molecule has 1 atom stereocenters. The fourth-order valence-electron chi connectivity index (χ4n) is 1.39. The Bertz CT molecular complexity index is 312. The Morgan fingerprint density at radius 3 is 2.69 bits per heavy atom. The predicted octanol–water partition coefficient (Wildman–Crippen LogP) is 2.96. The van der Waals surface area contributed by atoms with E-state index in [2.05, 4.69) is 15.9 Å². The molecule has 0 bridgehead atoms. The lowest BCUT2D eigenvalue weighted by molar-refractivity contribution is 0.612. The first-order valence-electron chi connectivity index (χ1n) is 4.22. The Morgan fingerprint density at radius 2 is 2.15 bits per heavy atom. The van der Waals surface area contributed by atoms with Crippen molar-refractivity contribution in [1.82, 2.24) is 0 Å². The third kappa shape index (κ3) is 2.09. The molecule has 13 heavy (non-hydrogen) atoms. The van der Waals surface area contributed by atoms with Crippen molar-refractivity contribution in [2.24, 2.45) is 5.73 Å². The zero-order chi connectivity index (χ0) is 10.0. The van der Waals surface area contributed by atoms with Crippen molar-refractivity contribution in [1.29, 1.82) is 0 Å². The Kier molecular flexibility index (Phi) is 3.45. The van der Waals surface area contributed by atoms with Crippen molar-refractivity contribution in [3.8, 4) is 0 Å². The average molecular weight is 246 g/mol. The summed E-state index contributed by atoms with van der Waals surface area (Å²) < 4.78 is 13.7. The van der Waals surface area contributed by atoms with Gasteiger partial charge in [-0.15, -0.1) is 0 Å². The van der Waals surface area contributed by atoms with E-state index in [0.717, 1.165) is 11.1 Å². The smallest absolute Gasteiger partial charge is 0.137 e. The van der Waals surface area contributed by atoms with Crippen molar-refractivity contribution in [2.45, 2.75) is 19.8 Å². The van der Waals surface area contributed by atoms with Gasteiger partial charge in [0.15, 0.2) is 0 Å². The minimum absolute atomic E-state index is 0.185. The molecule has 0 aliphatic rings. The maximum atomic E-state index is 13.2. The molecule has 1 nitrogen and oxygen atoms in total. The van der Waals surface area contributed by atoms with Gasteiger partial charge in [-0.1, -0.05) is 13.0 Å². The van der Waals surface area contributed by atoms with Crippen LogP contribution in [0.1, 0.15) is 24.0 Å². The number of halogens is 2. The second-order valence-corrected chi connectivity index (χ2v) is 4.02. The summed E-state index contributed by atoms with van der Waals surface area (Å²) in [6, 6.07) is 3.24. The second kappa shape index (κ2) is 4.20. The van der Waals surface area contributed by atoms with Crippen molar-refractivity contribution in [3.63, 3.8) is 0 Å². The molecule has 0 fully saturated rings. The normalized spacial score (nSPS) is 13.0. The molecule has 0 aliphatic carbocycles. The van der Waals surface area contributed by atoms with Gasteiger partial charge >= 0.3 is 0 Å². The fourth-order valence-corrected chi connectivity index (χ4v) is 2.22. The summed E-state index contributed by atoms with van der Waals surface area (Å²) in [4.78, 5) is 0. The van der Waals surface area contributed by atoms with Gasteiger partial charge in [0.05, 0.1) is 4.47 Å². The summed E-state index contributed by atoms with van der Waals surface area (Å²) in [6.07, 6.45) is 0. The zero-order valence-corrected chi connectivity index (χ0v) is 9.36. The van der Waals surface area contributed by atoms with Crippen LogP contribution >= 0.6 is 15.9 Å². The van der Waals surface area contributed by atoms with Crippen LogP contribution in [0.15, 0.2) is 16.6 Å². The monoisotopic (exact) mass is 245 g/mol. The zero-order valence-electron chi connectivity index (χ0n) is 7.77. The first kappa shape index (κ1) is 10.7. The summed E-state index contributed by atoms with van der Waals surface area (Å²) in [6.45, 7) is 4.49. The van der Waals surface area contributed by atoms with Gasteiger partial charge in [0.1, 0.15) is 5.82 Å². The Labute approximate surface area is 86.3 Å². The standard InChI is InChI=1S/C10H13BrFN/c1-6-3-4-8(12)10(11)9(6)7(2)5-13/h3-4,7H,5,13H2,1-2H3. The third-order valence-electron chi connectivity index (χ3n) is 2.20. The van der Waals surface area contributed by atoms with Gasteiger partial charge in [0.2, 0.25) is 0 Å². The molecule has 0 saturated heterocycles. The van der Waals surface area contributed by atoms with E-state index >= 15 is 0 Å². The predicted molar refractivity (Wildman–Crippen MR) is 56.3 cm³/mol. The Morgan fingerprint density at radius 1 is 1.54 bits per heavy atom. The van der Waals surface area contributed by atoms with Crippen molar-refractivity contribution >= 4 is 15.9 Å². The summed E-state index contributed by atoms with van der Waals surface area (Å²) in [7, 11) is 0. The highest BCUT2D eigenvalue weighted by atomic mass is 79.9. The van der Waals surface area contributed by atoms with Crippen LogP contribution < -0.4 is 5.73 Å². The van der Waals surface area contributed by atoms with Gasteiger partial charge in [-0.3, -0.25) is 0 Å². The lowest BCUT2D eigenvalue weighted by atomic mass is 9.96. The van der Waals surface area contributed by atoms with E-state index in [1.165, 1.54) is 6.07 Å². The van der Waals surface area contributed by atoms with E-state index in [9.17, 15) is 4.39 Å². The molecule has 3 heteroatoms. The number of hydrogen-bond acceptors (Lipinski definition) is 1. The minimum atomic E-state index is -0.221. The average Bonchev–Trinajstić information content (AvgIpc) is 2.12. The molecule has 1 rings (SSSR count). The molecular weight excluding hydrogens is 233 g/mol. The first-order valence-corrected chi connectivity index (χ1v) is 5.01. The first-order chi connectivity index (χ1) is 6.07. The molecule has 1 aromatic carbocycles. The maximum absolute atomic E-state index is 13.2. The molecule has 0 aliphatic heterocycles. The van der Waals surface area contributed by atoms with Gasteiger partial charge in [0.25, 0.3) is 0 Å². The van der Waals surface area contributed by atoms with Crippen LogP contribution in [0.5, 0.6) is 0 Å². The van der Waals surface area contributed by atoms with Crippen LogP contribution in [-0.2, 0) is 0 Å². The molecule has 1 aromatic rings. The van der Waals surface area contributed by atoms with E-state index in [-0.39, 0.29) is 11.7 Å². The molecule has 0 spiro atoms. The lowest BCUT2D eigenvalue weighted by Gasteiger charge is -2.14. The fraction of sp³-hybridized carbons (Fsp3) is 0.400. The minimum Gasteiger partial charge on any atom is -0.330 e. The molecule has 0 radical (unpaired) electrons.